The van der Waals surface area contributed by atoms with Gasteiger partial charge in [-0.05, 0) is 67.4 Å². The van der Waals surface area contributed by atoms with Gasteiger partial charge in [0.2, 0.25) is 10.0 Å². The maximum Gasteiger partial charge on any atom is 0.337 e. The molecule has 4 rings (SSSR count). The van der Waals surface area contributed by atoms with Crippen LogP contribution in [0.3, 0.4) is 0 Å². The molecule has 1 aromatic heterocycles. The number of aromatic nitrogens is 1. The number of hydrogen-bond donors (Lipinski definition) is 1. The van der Waals surface area contributed by atoms with Gasteiger partial charge in [0.15, 0.2) is 0 Å². The van der Waals surface area contributed by atoms with Crippen molar-refractivity contribution in [1.29, 1.82) is 0 Å². The van der Waals surface area contributed by atoms with Crippen LogP contribution in [-0.2, 0) is 33.4 Å². The first-order valence-corrected chi connectivity index (χ1v) is 14.8. The largest absolute Gasteiger partial charge is 0.493 e. The summed E-state index contributed by atoms with van der Waals surface area (Å²) in [6.07, 6.45) is 1.11. The second-order valence-electron chi connectivity index (χ2n) is 9.55. The number of methoxy groups -OCH3 is 1. The Morgan fingerprint density at radius 3 is 2.38 bits per heavy atom. The van der Waals surface area contributed by atoms with Gasteiger partial charge in [-0.2, -0.15) is 0 Å². The predicted octanol–water partition coefficient (Wildman–Crippen LogP) is 5.95. The van der Waals surface area contributed by atoms with Crippen LogP contribution in [0.25, 0.3) is 10.9 Å². The van der Waals surface area contributed by atoms with E-state index < -0.39 is 16.0 Å². The van der Waals surface area contributed by atoms with Crippen LogP contribution in [0.5, 0.6) is 5.75 Å². The van der Waals surface area contributed by atoms with Gasteiger partial charge < -0.3 is 14.0 Å². The molecule has 206 valence electrons. The Labute approximate surface area is 234 Å². The third-order valence-electron chi connectivity index (χ3n) is 6.48. The number of carbonyl (C=O) groups is 1. The number of carbonyl (C=O) groups excluding carboxylic acids is 1. The van der Waals surface area contributed by atoms with E-state index in [0.29, 0.717) is 35.8 Å². The van der Waals surface area contributed by atoms with E-state index in [2.05, 4.69) is 23.1 Å². The predicted molar refractivity (Wildman–Crippen MR) is 155 cm³/mol. The van der Waals surface area contributed by atoms with Crippen LogP contribution in [-0.4, -0.2) is 39.2 Å². The van der Waals surface area contributed by atoms with Crippen molar-refractivity contribution in [2.45, 2.75) is 38.5 Å². The Hall–Kier alpha value is -3.33. The van der Waals surface area contributed by atoms with Crippen molar-refractivity contribution in [3.8, 4) is 5.75 Å². The van der Waals surface area contributed by atoms with E-state index in [-0.39, 0.29) is 18.3 Å². The van der Waals surface area contributed by atoms with E-state index in [4.69, 9.17) is 21.1 Å². The zero-order valence-corrected chi connectivity index (χ0v) is 23.9. The number of nitrogens with zero attached hydrogens (tertiary/aromatic N) is 1. The van der Waals surface area contributed by atoms with E-state index in [0.717, 1.165) is 27.7 Å². The van der Waals surface area contributed by atoms with Crippen molar-refractivity contribution < 1.29 is 22.7 Å². The molecule has 1 heterocycles. The van der Waals surface area contributed by atoms with Crippen molar-refractivity contribution >= 4 is 38.5 Å². The van der Waals surface area contributed by atoms with Gasteiger partial charge in [-0.1, -0.05) is 41.9 Å². The van der Waals surface area contributed by atoms with E-state index in [1.165, 1.54) is 7.11 Å². The van der Waals surface area contributed by atoms with Crippen LogP contribution in [0.4, 0.5) is 0 Å². The fourth-order valence-electron chi connectivity index (χ4n) is 4.79. The zero-order chi connectivity index (χ0) is 28.0. The zero-order valence-electron chi connectivity index (χ0n) is 22.3. The van der Waals surface area contributed by atoms with E-state index >= 15 is 0 Å². The van der Waals surface area contributed by atoms with Gasteiger partial charge in [0.05, 0.1) is 25.0 Å². The summed E-state index contributed by atoms with van der Waals surface area (Å²) in [4.78, 5) is 11.7. The number of nitrogens with one attached hydrogen (secondary N) is 1. The van der Waals surface area contributed by atoms with Crippen LogP contribution in [0.1, 0.15) is 47.1 Å². The highest BCUT2D eigenvalue weighted by atomic mass is 35.5. The average molecular weight is 569 g/mol. The van der Waals surface area contributed by atoms with Crippen molar-refractivity contribution in [1.82, 2.24) is 9.29 Å². The fourth-order valence-corrected chi connectivity index (χ4v) is 6.11. The summed E-state index contributed by atoms with van der Waals surface area (Å²) in [6, 6.07) is 21.9. The first-order chi connectivity index (χ1) is 18.7. The van der Waals surface area contributed by atoms with Crippen LogP contribution in [0, 0.1) is 0 Å². The molecule has 0 saturated carbocycles. The highest BCUT2D eigenvalue weighted by Crippen LogP contribution is 2.32. The fraction of sp³-hybridized carbons (Fsp3) is 0.300. The normalized spacial score (nSPS) is 11.7. The highest BCUT2D eigenvalue weighted by Gasteiger charge is 2.20. The average Bonchev–Trinajstić information content (AvgIpc) is 3.21. The van der Waals surface area contributed by atoms with E-state index in [1.807, 2.05) is 36.4 Å². The Morgan fingerprint density at radius 2 is 1.72 bits per heavy atom. The summed E-state index contributed by atoms with van der Waals surface area (Å²) < 4.78 is 41.2. The van der Waals surface area contributed by atoms with Gasteiger partial charge in [0, 0.05) is 47.0 Å². The van der Waals surface area contributed by atoms with Gasteiger partial charge in [-0.3, -0.25) is 0 Å². The van der Waals surface area contributed by atoms with Gasteiger partial charge in [-0.25, -0.2) is 17.9 Å². The molecule has 0 radical (unpaired) electrons. The number of ether oxygens (including phenoxy) is 2. The third-order valence-corrected chi connectivity index (χ3v) is 8.07. The number of benzene rings is 3. The molecule has 0 aliphatic rings. The summed E-state index contributed by atoms with van der Waals surface area (Å²) in [6.45, 7) is 4.89. The summed E-state index contributed by atoms with van der Waals surface area (Å²) in [5.74, 6) is 0.180. The van der Waals surface area contributed by atoms with Gasteiger partial charge >= 0.3 is 5.97 Å². The number of hydrogen-bond acceptors (Lipinski definition) is 5. The minimum atomic E-state index is -3.49. The lowest BCUT2D eigenvalue weighted by Crippen LogP contribution is -2.28. The minimum Gasteiger partial charge on any atom is -0.493 e. The Bertz CT molecular complexity index is 1530. The van der Waals surface area contributed by atoms with Crippen molar-refractivity contribution in [2.75, 3.05) is 20.3 Å². The molecular formula is C30H33ClN2O5S. The molecule has 3 aromatic carbocycles. The summed E-state index contributed by atoms with van der Waals surface area (Å²) in [5.41, 5.74) is 4.38. The van der Waals surface area contributed by atoms with Gasteiger partial charge in [-0.15, -0.1) is 0 Å². The second-order valence-corrected chi connectivity index (χ2v) is 11.8. The SMILES string of the molecule is COC(=O)c1ccc(OCCc2c(CCNS(=O)(=O)Cc3ccccc3)n(C(C)C)c3ccc(Cl)cc23)cc1. The molecule has 0 bridgehead atoms. The Morgan fingerprint density at radius 1 is 1.00 bits per heavy atom. The first kappa shape index (κ1) is 28.7. The number of esters is 1. The molecule has 0 fully saturated rings. The van der Waals surface area contributed by atoms with Crippen LogP contribution in [0.15, 0.2) is 72.8 Å². The number of halogens is 1. The number of sulfonamides is 1. The molecule has 0 aliphatic carbocycles. The van der Waals surface area contributed by atoms with Gasteiger partial charge in [0.25, 0.3) is 0 Å². The minimum absolute atomic E-state index is 0.0634. The molecule has 1 N–H and O–H groups in total. The highest BCUT2D eigenvalue weighted by molar-refractivity contribution is 7.88. The molecule has 7 nitrogen and oxygen atoms in total. The van der Waals surface area contributed by atoms with Crippen molar-refractivity contribution in [2.24, 2.45) is 0 Å². The topological polar surface area (TPSA) is 86.6 Å². The monoisotopic (exact) mass is 568 g/mol. The first-order valence-electron chi connectivity index (χ1n) is 12.8. The maximum atomic E-state index is 12.7. The maximum absolute atomic E-state index is 12.7. The molecule has 0 aliphatic heterocycles. The smallest absolute Gasteiger partial charge is 0.337 e. The molecule has 0 atom stereocenters. The van der Waals surface area contributed by atoms with Gasteiger partial charge in [0.1, 0.15) is 5.75 Å². The van der Waals surface area contributed by atoms with Crippen LogP contribution in [0.2, 0.25) is 5.02 Å². The summed E-state index contributed by atoms with van der Waals surface area (Å²) in [7, 11) is -2.14. The molecule has 0 unspecified atom stereocenters. The summed E-state index contributed by atoms with van der Waals surface area (Å²) >= 11 is 6.39. The van der Waals surface area contributed by atoms with Crippen LogP contribution < -0.4 is 9.46 Å². The van der Waals surface area contributed by atoms with Crippen molar-refractivity contribution in [3.63, 3.8) is 0 Å². The molecule has 0 saturated heterocycles. The quantitative estimate of drug-likeness (QED) is 0.214. The Balaban J connectivity index is 1.54. The molecule has 9 heteroatoms. The third kappa shape index (κ3) is 7.20. The standard InChI is InChI=1S/C30H33ClN2O5S/c1-21(2)33-28-14-11-24(31)19-27(28)26(16-18-38-25-12-9-23(10-13-25)30(34)37-3)29(33)15-17-32-39(35,36)20-22-7-5-4-6-8-22/h4-14,19,21,32H,15-18,20H2,1-3H3. The van der Waals surface area contributed by atoms with Crippen LogP contribution >= 0.6 is 11.6 Å². The lowest BCUT2D eigenvalue weighted by Gasteiger charge is -2.17. The summed E-state index contributed by atoms with van der Waals surface area (Å²) in [5, 5.41) is 1.67. The van der Waals surface area contributed by atoms with E-state index in [9.17, 15) is 13.2 Å². The molecule has 0 spiro atoms. The number of rotatable bonds is 12. The second kappa shape index (κ2) is 12.7. The van der Waals surface area contributed by atoms with E-state index in [1.54, 1.807) is 36.4 Å². The Kier molecular flexibility index (Phi) is 9.32. The number of fused-ring (bicyclic) bond motifs is 1. The lowest BCUT2D eigenvalue weighted by atomic mass is 10.1. The lowest BCUT2D eigenvalue weighted by molar-refractivity contribution is 0.0600. The van der Waals surface area contributed by atoms with Crippen molar-refractivity contribution in [3.05, 3.63) is 100 Å². The molecule has 39 heavy (non-hydrogen) atoms. The molecule has 4 aromatic rings. The molecule has 0 amide bonds. The molecular weight excluding hydrogens is 536 g/mol.